The number of benzene rings is 2. The summed E-state index contributed by atoms with van der Waals surface area (Å²) in [5, 5.41) is 12.1. The lowest BCUT2D eigenvalue weighted by molar-refractivity contribution is -0.118. The third kappa shape index (κ3) is 5.69. The number of carbonyl (C=O) groups is 1. The topological polar surface area (TPSA) is 72.3 Å². The first kappa shape index (κ1) is 22.4. The Labute approximate surface area is 193 Å². The molecule has 0 atom stereocenters. The Morgan fingerprint density at radius 2 is 1.72 bits per heavy atom. The van der Waals surface area contributed by atoms with Gasteiger partial charge in [0.25, 0.3) is 0 Å². The first-order valence-electron chi connectivity index (χ1n) is 10.9. The van der Waals surface area contributed by atoms with Gasteiger partial charge in [-0.25, -0.2) is 0 Å². The highest BCUT2D eigenvalue weighted by Gasteiger charge is 2.14. The number of likely N-dealkylation sites (tertiary alicyclic amines) is 1. The second-order valence-electron chi connectivity index (χ2n) is 7.93. The number of rotatable bonds is 9. The number of hydrogen-bond acceptors (Lipinski definition) is 6. The SMILES string of the molecule is COc1ccc(-n2c(C)nnc2SCC(=O)NCc2ccc(CN3CCCC3)cc2)cc1. The highest BCUT2D eigenvalue weighted by molar-refractivity contribution is 7.99. The van der Waals surface area contributed by atoms with Crippen molar-refractivity contribution in [2.24, 2.45) is 0 Å². The molecule has 168 valence electrons. The minimum absolute atomic E-state index is 0.0296. The minimum atomic E-state index is -0.0296. The molecule has 0 spiro atoms. The summed E-state index contributed by atoms with van der Waals surface area (Å²) in [5.74, 6) is 1.81. The van der Waals surface area contributed by atoms with E-state index < -0.39 is 0 Å². The Bertz CT molecular complexity index is 1030. The van der Waals surface area contributed by atoms with Crippen LogP contribution in [-0.4, -0.2) is 51.5 Å². The van der Waals surface area contributed by atoms with Crippen molar-refractivity contribution in [3.63, 3.8) is 0 Å². The van der Waals surface area contributed by atoms with E-state index in [9.17, 15) is 4.79 Å². The zero-order valence-electron chi connectivity index (χ0n) is 18.6. The van der Waals surface area contributed by atoms with E-state index in [0.717, 1.165) is 29.4 Å². The number of nitrogens with zero attached hydrogens (tertiary/aromatic N) is 4. The summed E-state index contributed by atoms with van der Waals surface area (Å²) < 4.78 is 7.17. The van der Waals surface area contributed by atoms with Crippen molar-refractivity contribution in [1.29, 1.82) is 0 Å². The van der Waals surface area contributed by atoms with Gasteiger partial charge in [-0.05, 0) is 68.2 Å². The fourth-order valence-corrected chi connectivity index (χ4v) is 4.64. The van der Waals surface area contributed by atoms with Crippen molar-refractivity contribution < 1.29 is 9.53 Å². The molecule has 1 fully saturated rings. The van der Waals surface area contributed by atoms with Gasteiger partial charge in [0.2, 0.25) is 5.91 Å². The van der Waals surface area contributed by atoms with E-state index in [2.05, 4.69) is 44.7 Å². The molecule has 2 heterocycles. The first-order chi connectivity index (χ1) is 15.6. The fourth-order valence-electron chi connectivity index (χ4n) is 3.81. The molecule has 0 bridgehead atoms. The molecule has 0 aliphatic carbocycles. The molecule has 0 saturated carbocycles. The maximum atomic E-state index is 12.4. The Hall–Kier alpha value is -2.84. The standard InChI is InChI=1S/C24H29N5O2S/c1-18-26-27-24(29(18)21-9-11-22(31-2)12-10-21)32-17-23(30)25-15-19-5-7-20(8-6-19)16-28-13-3-4-14-28/h5-12H,3-4,13-17H2,1-2H3,(H,25,30). The minimum Gasteiger partial charge on any atom is -0.497 e. The summed E-state index contributed by atoms with van der Waals surface area (Å²) in [7, 11) is 1.64. The lowest BCUT2D eigenvalue weighted by atomic mass is 10.1. The van der Waals surface area contributed by atoms with Crippen molar-refractivity contribution in [3.05, 3.63) is 65.5 Å². The predicted octanol–water partition coefficient (Wildman–Crippen LogP) is 3.59. The molecule has 4 rings (SSSR count). The highest BCUT2D eigenvalue weighted by Crippen LogP contribution is 2.23. The van der Waals surface area contributed by atoms with Crippen LogP contribution in [0.3, 0.4) is 0 Å². The molecule has 7 nitrogen and oxygen atoms in total. The summed E-state index contributed by atoms with van der Waals surface area (Å²) in [6.45, 7) is 5.82. The zero-order chi connectivity index (χ0) is 22.3. The van der Waals surface area contributed by atoms with E-state index in [1.54, 1.807) is 7.11 Å². The van der Waals surface area contributed by atoms with Crippen LogP contribution in [0, 0.1) is 6.92 Å². The summed E-state index contributed by atoms with van der Waals surface area (Å²) in [6.07, 6.45) is 2.61. The second-order valence-corrected chi connectivity index (χ2v) is 8.87. The predicted molar refractivity (Wildman–Crippen MR) is 126 cm³/mol. The monoisotopic (exact) mass is 451 g/mol. The van der Waals surface area contributed by atoms with E-state index in [1.807, 2.05) is 35.8 Å². The number of amides is 1. The van der Waals surface area contributed by atoms with Gasteiger partial charge in [0, 0.05) is 18.8 Å². The van der Waals surface area contributed by atoms with Crippen molar-refractivity contribution in [2.45, 2.75) is 38.0 Å². The van der Waals surface area contributed by atoms with E-state index in [1.165, 1.54) is 43.3 Å². The quantitative estimate of drug-likeness (QED) is 0.502. The van der Waals surface area contributed by atoms with Crippen LogP contribution < -0.4 is 10.1 Å². The van der Waals surface area contributed by atoms with Crippen molar-refractivity contribution in [1.82, 2.24) is 25.0 Å². The molecule has 1 saturated heterocycles. The molecule has 0 unspecified atom stereocenters. The molecule has 2 aromatic carbocycles. The fraction of sp³-hybridized carbons (Fsp3) is 0.375. The third-order valence-corrected chi connectivity index (χ3v) is 6.50. The van der Waals surface area contributed by atoms with Gasteiger partial charge in [0.15, 0.2) is 5.16 Å². The molecule has 8 heteroatoms. The van der Waals surface area contributed by atoms with Crippen molar-refractivity contribution in [3.8, 4) is 11.4 Å². The number of aromatic nitrogens is 3. The van der Waals surface area contributed by atoms with Crippen LogP contribution in [0.25, 0.3) is 5.69 Å². The Kier molecular flexibility index (Phi) is 7.44. The van der Waals surface area contributed by atoms with Crippen LogP contribution >= 0.6 is 11.8 Å². The summed E-state index contributed by atoms with van der Waals surface area (Å²) in [5.41, 5.74) is 3.36. The zero-order valence-corrected chi connectivity index (χ0v) is 19.4. The van der Waals surface area contributed by atoms with Gasteiger partial charge < -0.3 is 10.1 Å². The van der Waals surface area contributed by atoms with Gasteiger partial charge in [-0.3, -0.25) is 14.3 Å². The second kappa shape index (κ2) is 10.7. The number of ether oxygens (including phenoxy) is 1. The van der Waals surface area contributed by atoms with E-state index in [0.29, 0.717) is 11.7 Å². The van der Waals surface area contributed by atoms with E-state index in [-0.39, 0.29) is 11.7 Å². The van der Waals surface area contributed by atoms with Crippen LogP contribution in [0.4, 0.5) is 0 Å². The van der Waals surface area contributed by atoms with Gasteiger partial charge in [0.1, 0.15) is 11.6 Å². The van der Waals surface area contributed by atoms with Crippen LogP contribution in [0.5, 0.6) is 5.75 Å². The van der Waals surface area contributed by atoms with Crippen LogP contribution in [0.2, 0.25) is 0 Å². The van der Waals surface area contributed by atoms with Crippen LogP contribution in [-0.2, 0) is 17.9 Å². The molecular formula is C24H29N5O2S. The summed E-state index contributed by atoms with van der Waals surface area (Å²) in [4.78, 5) is 14.9. The third-order valence-electron chi connectivity index (χ3n) is 5.58. The van der Waals surface area contributed by atoms with E-state index in [4.69, 9.17) is 4.74 Å². The number of hydrogen-bond donors (Lipinski definition) is 1. The average Bonchev–Trinajstić information content (AvgIpc) is 3.46. The van der Waals surface area contributed by atoms with Gasteiger partial charge >= 0.3 is 0 Å². The van der Waals surface area contributed by atoms with Gasteiger partial charge in [-0.15, -0.1) is 10.2 Å². The van der Waals surface area contributed by atoms with Crippen molar-refractivity contribution in [2.75, 3.05) is 26.0 Å². The Morgan fingerprint density at radius 3 is 2.41 bits per heavy atom. The number of aryl methyl sites for hydroxylation is 1. The van der Waals surface area contributed by atoms with Crippen LogP contribution in [0.1, 0.15) is 29.8 Å². The molecule has 1 aromatic heterocycles. The van der Waals surface area contributed by atoms with Crippen LogP contribution in [0.15, 0.2) is 53.7 Å². The molecule has 1 aliphatic rings. The maximum Gasteiger partial charge on any atom is 0.230 e. The van der Waals surface area contributed by atoms with Gasteiger partial charge in [-0.1, -0.05) is 36.0 Å². The number of carbonyl (C=O) groups excluding carboxylic acids is 1. The smallest absolute Gasteiger partial charge is 0.230 e. The average molecular weight is 452 g/mol. The lowest BCUT2D eigenvalue weighted by Crippen LogP contribution is -2.24. The largest absolute Gasteiger partial charge is 0.497 e. The van der Waals surface area contributed by atoms with Crippen molar-refractivity contribution >= 4 is 17.7 Å². The molecule has 1 aliphatic heterocycles. The summed E-state index contributed by atoms with van der Waals surface area (Å²) >= 11 is 1.38. The molecule has 3 aromatic rings. The number of thioether (sulfide) groups is 1. The highest BCUT2D eigenvalue weighted by atomic mass is 32.2. The number of nitrogens with one attached hydrogen (secondary N) is 1. The normalized spacial score (nSPS) is 13.9. The summed E-state index contributed by atoms with van der Waals surface area (Å²) in [6, 6.07) is 16.2. The lowest BCUT2D eigenvalue weighted by Gasteiger charge is -2.14. The molecular weight excluding hydrogens is 422 g/mol. The van der Waals surface area contributed by atoms with E-state index >= 15 is 0 Å². The Morgan fingerprint density at radius 1 is 1.03 bits per heavy atom. The molecule has 1 amide bonds. The number of methoxy groups -OCH3 is 1. The molecule has 32 heavy (non-hydrogen) atoms. The molecule has 1 N–H and O–H groups in total. The molecule has 0 radical (unpaired) electrons. The Balaban J connectivity index is 1.28. The maximum absolute atomic E-state index is 12.4. The first-order valence-corrected chi connectivity index (χ1v) is 11.9. The van der Waals surface area contributed by atoms with Gasteiger partial charge in [0.05, 0.1) is 12.9 Å². The van der Waals surface area contributed by atoms with Gasteiger partial charge in [-0.2, -0.15) is 0 Å².